The van der Waals surface area contributed by atoms with Gasteiger partial charge in [-0.05, 0) is 66.8 Å². The molecule has 1 amide bonds. The molecular formula is C23H29NO2. The van der Waals surface area contributed by atoms with Crippen molar-refractivity contribution < 1.29 is 9.53 Å². The van der Waals surface area contributed by atoms with Gasteiger partial charge in [-0.1, -0.05) is 50.2 Å². The van der Waals surface area contributed by atoms with Crippen molar-refractivity contribution in [1.82, 2.24) is 5.32 Å². The van der Waals surface area contributed by atoms with Gasteiger partial charge in [-0.3, -0.25) is 4.79 Å². The van der Waals surface area contributed by atoms with E-state index in [4.69, 9.17) is 4.74 Å². The Balaban J connectivity index is 1.58. The third kappa shape index (κ3) is 4.46. The van der Waals surface area contributed by atoms with Gasteiger partial charge >= 0.3 is 0 Å². The second kappa shape index (κ2) is 8.39. The summed E-state index contributed by atoms with van der Waals surface area (Å²) in [5.41, 5.74) is 5.20. The molecule has 0 heterocycles. The molecule has 138 valence electrons. The van der Waals surface area contributed by atoms with Crippen LogP contribution in [0.5, 0.6) is 5.75 Å². The van der Waals surface area contributed by atoms with Gasteiger partial charge in [0.05, 0.1) is 6.04 Å². The fraction of sp³-hybridized carbons (Fsp3) is 0.435. The Hall–Kier alpha value is -2.29. The molecular weight excluding hydrogens is 322 g/mol. The lowest BCUT2D eigenvalue weighted by atomic mass is 9.89. The van der Waals surface area contributed by atoms with Crippen molar-refractivity contribution in [3.05, 3.63) is 64.7 Å². The zero-order valence-electron chi connectivity index (χ0n) is 16.0. The average molecular weight is 351 g/mol. The van der Waals surface area contributed by atoms with Gasteiger partial charge < -0.3 is 10.1 Å². The summed E-state index contributed by atoms with van der Waals surface area (Å²) in [4.78, 5) is 12.3. The van der Waals surface area contributed by atoms with Gasteiger partial charge in [0.2, 0.25) is 0 Å². The molecule has 0 saturated heterocycles. The third-order valence-electron chi connectivity index (χ3n) is 5.15. The number of hydrogen-bond donors (Lipinski definition) is 1. The van der Waals surface area contributed by atoms with Gasteiger partial charge in [-0.2, -0.15) is 0 Å². The first-order valence-corrected chi connectivity index (χ1v) is 9.67. The molecule has 1 aliphatic carbocycles. The van der Waals surface area contributed by atoms with Crippen LogP contribution in [0, 0.1) is 0 Å². The van der Waals surface area contributed by atoms with E-state index in [1.165, 1.54) is 36.0 Å². The lowest BCUT2D eigenvalue weighted by molar-refractivity contribution is -0.123. The third-order valence-corrected chi connectivity index (χ3v) is 5.15. The largest absolute Gasteiger partial charge is 0.483 e. The molecule has 3 rings (SSSR count). The summed E-state index contributed by atoms with van der Waals surface area (Å²) >= 11 is 0. The molecule has 0 spiro atoms. The number of benzene rings is 2. The van der Waals surface area contributed by atoms with Gasteiger partial charge in [-0.15, -0.1) is 0 Å². The Morgan fingerprint density at radius 2 is 1.77 bits per heavy atom. The molecule has 1 aliphatic rings. The summed E-state index contributed by atoms with van der Waals surface area (Å²) in [6.07, 6.45) is 4.88. The summed E-state index contributed by atoms with van der Waals surface area (Å²) < 4.78 is 5.78. The predicted molar refractivity (Wildman–Crippen MR) is 106 cm³/mol. The van der Waals surface area contributed by atoms with Crippen LogP contribution < -0.4 is 10.1 Å². The minimum atomic E-state index is -0.0891. The molecule has 0 aliphatic heterocycles. The van der Waals surface area contributed by atoms with Gasteiger partial charge in [0.15, 0.2) is 6.61 Å². The van der Waals surface area contributed by atoms with Crippen LogP contribution in [-0.2, 0) is 17.6 Å². The predicted octanol–water partition coefficient (Wildman–Crippen LogP) is 4.95. The van der Waals surface area contributed by atoms with Crippen LogP contribution in [-0.4, -0.2) is 12.5 Å². The summed E-state index contributed by atoms with van der Waals surface area (Å²) in [7, 11) is 0. The number of rotatable bonds is 6. The highest BCUT2D eigenvalue weighted by molar-refractivity contribution is 5.78. The molecule has 26 heavy (non-hydrogen) atoms. The SMILES string of the molecule is CC(C)c1ccccc1OCC(=O)N[C@@H](C)c1ccc2c(c1)CCCC2. The quantitative estimate of drug-likeness (QED) is 0.800. The monoisotopic (exact) mass is 351 g/mol. The van der Waals surface area contributed by atoms with Crippen molar-refractivity contribution in [3.8, 4) is 5.75 Å². The molecule has 2 aromatic carbocycles. The summed E-state index contributed by atoms with van der Waals surface area (Å²) in [6, 6.07) is 14.5. The molecule has 1 N–H and O–H groups in total. The van der Waals surface area contributed by atoms with Gasteiger partial charge in [0.1, 0.15) is 5.75 Å². The van der Waals surface area contributed by atoms with E-state index in [0.29, 0.717) is 5.92 Å². The Kier molecular flexibility index (Phi) is 5.97. The fourth-order valence-corrected chi connectivity index (χ4v) is 3.62. The second-order valence-electron chi connectivity index (χ2n) is 7.51. The zero-order valence-corrected chi connectivity index (χ0v) is 16.0. The number of carbonyl (C=O) groups excluding carboxylic acids is 1. The van der Waals surface area contributed by atoms with E-state index in [0.717, 1.165) is 17.7 Å². The van der Waals surface area contributed by atoms with Crippen molar-refractivity contribution in [2.24, 2.45) is 0 Å². The molecule has 0 aromatic heterocycles. The van der Waals surface area contributed by atoms with Crippen LogP contribution in [0.3, 0.4) is 0 Å². The van der Waals surface area contributed by atoms with Gasteiger partial charge in [-0.25, -0.2) is 0 Å². The molecule has 0 fully saturated rings. The molecule has 3 nitrogen and oxygen atoms in total. The molecule has 0 bridgehead atoms. The van der Waals surface area contributed by atoms with Crippen molar-refractivity contribution in [2.75, 3.05) is 6.61 Å². The Morgan fingerprint density at radius 1 is 1.04 bits per heavy atom. The molecule has 3 heteroatoms. The Bertz CT molecular complexity index is 767. The number of hydrogen-bond acceptors (Lipinski definition) is 2. The number of ether oxygens (including phenoxy) is 1. The lowest BCUT2D eigenvalue weighted by Crippen LogP contribution is -2.31. The maximum Gasteiger partial charge on any atom is 0.258 e. The highest BCUT2D eigenvalue weighted by atomic mass is 16.5. The summed E-state index contributed by atoms with van der Waals surface area (Å²) in [5.74, 6) is 1.07. The van der Waals surface area contributed by atoms with Gasteiger partial charge in [0.25, 0.3) is 5.91 Å². The number of aryl methyl sites for hydroxylation is 2. The molecule has 0 saturated carbocycles. The highest BCUT2D eigenvalue weighted by Crippen LogP contribution is 2.26. The van der Waals surface area contributed by atoms with E-state index < -0.39 is 0 Å². The van der Waals surface area contributed by atoms with Crippen molar-refractivity contribution in [3.63, 3.8) is 0 Å². The first-order chi connectivity index (χ1) is 12.5. The minimum Gasteiger partial charge on any atom is -0.483 e. The van der Waals surface area contributed by atoms with Gasteiger partial charge in [0, 0.05) is 0 Å². The lowest BCUT2D eigenvalue weighted by Gasteiger charge is -2.20. The molecule has 0 unspecified atom stereocenters. The average Bonchev–Trinajstić information content (AvgIpc) is 2.66. The highest BCUT2D eigenvalue weighted by Gasteiger charge is 2.15. The minimum absolute atomic E-state index is 0.0151. The van der Waals surface area contributed by atoms with E-state index >= 15 is 0 Å². The van der Waals surface area contributed by atoms with E-state index in [-0.39, 0.29) is 18.6 Å². The number of fused-ring (bicyclic) bond motifs is 1. The first-order valence-electron chi connectivity index (χ1n) is 9.67. The Morgan fingerprint density at radius 3 is 2.54 bits per heavy atom. The normalized spacial score (nSPS) is 14.6. The van der Waals surface area contributed by atoms with E-state index in [2.05, 4.69) is 37.4 Å². The van der Waals surface area contributed by atoms with E-state index in [1.807, 2.05) is 31.2 Å². The van der Waals surface area contributed by atoms with Crippen LogP contribution in [0.15, 0.2) is 42.5 Å². The van der Waals surface area contributed by atoms with E-state index in [9.17, 15) is 4.79 Å². The van der Waals surface area contributed by atoms with Crippen LogP contribution >= 0.6 is 0 Å². The molecule has 1 atom stereocenters. The van der Waals surface area contributed by atoms with Crippen LogP contribution in [0.25, 0.3) is 0 Å². The number of nitrogens with one attached hydrogen (secondary N) is 1. The smallest absolute Gasteiger partial charge is 0.258 e. The Labute approximate surface area is 156 Å². The first kappa shape index (κ1) is 18.5. The van der Waals surface area contributed by atoms with Crippen LogP contribution in [0.2, 0.25) is 0 Å². The summed E-state index contributed by atoms with van der Waals surface area (Å²) in [5, 5.41) is 3.06. The number of amides is 1. The summed E-state index contributed by atoms with van der Waals surface area (Å²) in [6.45, 7) is 6.32. The van der Waals surface area contributed by atoms with Crippen molar-refractivity contribution >= 4 is 5.91 Å². The maximum atomic E-state index is 12.3. The second-order valence-corrected chi connectivity index (χ2v) is 7.51. The zero-order chi connectivity index (χ0) is 18.5. The van der Waals surface area contributed by atoms with Crippen molar-refractivity contribution in [1.29, 1.82) is 0 Å². The topological polar surface area (TPSA) is 38.3 Å². The van der Waals surface area contributed by atoms with Crippen LogP contribution in [0.1, 0.15) is 67.8 Å². The number of para-hydroxylation sites is 1. The number of carbonyl (C=O) groups is 1. The molecule has 2 aromatic rings. The fourth-order valence-electron chi connectivity index (χ4n) is 3.62. The van der Waals surface area contributed by atoms with E-state index in [1.54, 1.807) is 0 Å². The van der Waals surface area contributed by atoms with Crippen LogP contribution in [0.4, 0.5) is 0 Å². The maximum absolute atomic E-state index is 12.3. The van der Waals surface area contributed by atoms with Crippen molar-refractivity contribution in [2.45, 2.75) is 58.4 Å². The molecule has 0 radical (unpaired) electrons. The standard InChI is InChI=1S/C23H29NO2/c1-16(2)21-10-6-7-11-22(21)26-15-23(25)24-17(3)19-13-12-18-8-4-5-9-20(18)14-19/h6-7,10-14,16-17H,4-5,8-9,15H2,1-3H3,(H,24,25)/t17-/m0/s1.